The van der Waals surface area contributed by atoms with Gasteiger partial charge in [0, 0.05) is 11.5 Å². The molecule has 0 amide bonds. The first-order valence-corrected chi connectivity index (χ1v) is 8.63. The van der Waals surface area contributed by atoms with Gasteiger partial charge in [0.05, 0.1) is 0 Å². The number of thiol groups is 2. The van der Waals surface area contributed by atoms with Crippen molar-refractivity contribution in [2.75, 3.05) is 11.5 Å². The van der Waals surface area contributed by atoms with Gasteiger partial charge in [0.1, 0.15) is 0 Å². The molecule has 2 N–H and O–H groups in total. The van der Waals surface area contributed by atoms with E-state index in [1.54, 1.807) is 0 Å². The first-order valence-electron chi connectivity index (χ1n) is 3.81. The Hall–Kier alpha value is 2.52. The Bertz CT molecular complexity index is 294. The molecule has 0 atom stereocenters. The van der Waals surface area contributed by atoms with Gasteiger partial charge in [-0.2, -0.15) is 29.7 Å². The molecule has 0 bridgehead atoms. The van der Waals surface area contributed by atoms with Crippen molar-refractivity contribution in [1.29, 1.82) is 0 Å². The molecule has 102 valence electrons. The second-order valence-electron chi connectivity index (χ2n) is 2.28. The molecular formula is C6H16Na2O6S4. The maximum absolute atomic E-state index is 9.75. The Labute approximate surface area is 164 Å². The summed E-state index contributed by atoms with van der Waals surface area (Å²) in [6.45, 7) is 6.46. The Morgan fingerprint density at radius 1 is 0.778 bits per heavy atom. The van der Waals surface area contributed by atoms with Gasteiger partial charge in [-0.25, -0.2) is 0 Å². The van der Waals surface area contributed by atoms with Gasteiger partial charge in [-0.15, -0.1) is 23.3 Å². The van der Waals surface area contributed by atoms with E-state index in [4.69, 9.17) is 9.11 Å². The van der Waals surface area contributed by atoms with Crippen LogP contribution >= 0.6 is 23.3 Å². The predicted molar refractivity (Wildman–Crippen MR) is 70.8 cm³/mol. The zero-order valence-electron chi connectivity index (χ0n) is 10.5. The zero-order chi connectivity index (χ0) is 13.8. The van der Waals surface area contributed by atoms with E-state index in [9.17, 15) is 16.8 Å². The summed E-state index contributed by atoms with van der Waals surface area (Å²) in [6, 6.07) is 0. The molecule has 0 aliphatic rings. The van der Waals surface area contributed by atoms with E-state index in [0.717, 1.165) is 0 Å². The summed E-state index contributed by atoms with van der Waals surface area (Å²) in [4.78, 5) is 0. The normalized spacial score (nSPS) is 9.44. The van der Waals surface area contributed by atoms with Crippen LogP contribution in [0.5, 0.6) is 0 Å². The van der Waals surface area contributed by atoms with Crippen molar-refractivity contribution < 1.29 is 85.1 Å². The SMILES string of the molecule is SS.[CH2-]CCS(=O)(=O)O.[CH2-]CCS(=O)(=O)O.[Na+].[Na+]. The van der Waals surface area contributed by atoms with Gasteiger partial charge in [0.25, 0.3) is 20.2 Å². The molecular weight excluding hydrogens is 342 g/mol. The first kappa shape index (κ1) is 32.5. The fourth-order valence-corrected chi connectivity index (χ4v) is 1.09. The molecule has 0 aromatic rings. The van der Waals surface area contributed by atoms with Crippen molar-refractivity contribution in [3.63, 3.8) is 0 Å². The molecule has 0 fully saturated rings. The van der Waals surface area contributed by atoms with Crippen LogP contribution in [0, 0.1) is 13.8 Å². The van der Waals surface area contributed by atoms with Gasteiger partial charge in [0.2, 0.25) is 0 Å². The first-order chi connectivity index (χ1) is 7.12. The summed E-state index contributed by atoms with van der Waals surface area (Å²) in [5.41, 5.74) is 0. The van der Waals surface area contributed by atoms with Crippen LogP contribution in [0.1, 0.15) is 12.8 Å². The smallest absolute Gasteiger partial charge is 0.342 e. The molecule has 6 nitrogen and oxygen atoms in total. The summed E-state index contributed by atoms with van der Waals surface area (Å²) in [5, 5.41) is 0. The fraction of sp³-hybridized carbons (Fsp3) is 0.667. The predicted octanol–water partition coefficient (Wildman–Crippen LogP) is -5.03. The minimum Gasteiger partial charge on any atom is -0.342 e. The van der Waals surface area contributed by atoms with Crippen LogP contribution in [-0.4, -0.2) is 37.4 Å². The van der Waals surface area contributed by atoms with Gasteiger partial charge in [-0.05, 0) is 0 Å². The van der Waals surface area contributed by atoms with E-state index in [1.807, 2.05) is 0 Å². The quantitative estimate of drug-likeness (QED) is 0.132. The van der Waals surface area contributed by atoms with Gasteiger partial charge in [-0.1, -0.05) is 0 Å². The summed E-state index contributed by atoms with van der Waals surface area (Å²) < 4.78 is 54.9. The second-order valence-corrected chi connectivity index (χ2v) is 5.42. The van der Waals surface area contributed by atoms with Gasteiger partial charge in [0.15, 0.2) is 0 Å². The molecule has 0 aromatic carbocycles. The summed E-state index contributed by atoms with van der Waals surface area (Å²) >= 11 is 6.44. The minimum absolute atomic E-state index is 0. The molecule has 0 rings (SSSR count). The maximum Gasteiger partial charge on any atom is 1.00 e. The van der Waals surface area contributed by atoms with Crippen LogP contribution in [0.25, 0.3) is 0 Å². The van der Waals surface area contributed by atoms with E-state index in [2.05, 4.69) is 37.2 Å². The Balaban J connectivity index is -0.0000000500. The molecule has 0 saturated heterocycles. The molecule has 0 unspecified atom stereocenters. The van der Waals surface area contributed by atoms with E-state index < -0.39 is 20.2 Å². The molecule has 18 heavy (non-hydrogen) atoms. The topological polar surface area (TPSA) is 109 Å². The van der Waals surface area contributed by atoms with Gasteiger partial charge < -0.3 is 13.8 Å². The van der Waals surface area contributed by atoms with Crippen LogP contribution in [-0.2, 0) is 20.2 Å². The van der Waals surface area contributed by atoms with Crippen LogP contribution in [0.2, 0.25) is 0 Å². The molecule has 0 saturated carbocycles. The minimum atomic E-state index is -3.74. The van der Waals surface area contributed by atoms with Crippen LogP contribution in [0.3, 0.4) is 0 Å². The molecule has 0 aliphatic carbocycles. The fourth-order valence-electron chi connectivity index (χ4n) is 0.365. The molecule has 0 heterocycles. The molecule has 12 heteroatoms. The molecule has 0 radical (unpaired) electrons. The monoisotopic (exact) mass is 358 g/mol. The average Bonchev–Trinajstić information content (AvgIpc) is 2.04. The third-order valence-corrected chi connectivity index (χ3v) is 2.41. The third kappa shape index (κ3) is 51.4. The summed E-state index contributed by atoms with van der Waals surface area (Å²) in [5.74, 6) is -0.486. The molecule has 0 aliphatic heterocycles. The molecule has 0 spiro atoms. The van der Waals surface area contributed by atoms with E-state index in [0.29, 0.717) is 0 Å². The largest absolute Gasteiger partial charge is 1.00 e. The molecule has 0 aromatic heterocycles. The van der Waals surface area contributed by atoms with Crippen molar-refractivity contribution in [1.82, 2.24) is 0 Å². The van der Waals surface area contributed by atoms with E-state index in [-0.39, 0.29) is 83.5 Å². The number of hydrogen-bond donors (Lipinski definition) is 4. The van der Waals surface area contributed by atoms with E-state index >= 15 is 0 Å². The van der Waals surface area contributed by atoms with Crippen molar-refractivity contribution in [2.45, 2.75) is 12.8 Å². The summed E-state index contributed by atoms with van der Waals surface area (Å²) in [7, 11) is -7.47. The maximum atomic E-state index is 9.75. The van der Waals surface area contributed by atoms with Crippen LogP contribution in [0.4, 0.5) is 0 Å². The Kier molecular flexibility index (Phi) is 35.2. The second kappa shape index (κ2) is 19.5. The zero-order valence-corrected chi connectivity index (χ0v) is 17.9. The number of hydrogen-bond acceptors (Lipinski definition) is 6. The van der Waals surface area contributed by atoms with Crippen LogP contribution in [0.15, 0.2) is 0 Å². The van der Waals surface area contributed by atoms with Gasteiger partial charge in [-0.3, -0.25) is 9.11 Å². The standard InChI is InChI=1S/2C3H7O3S.2Na.H2S2/c2*1-2-3-7(4,5)6;;;1-2/h2*1-3H2,(H,4,5,6);;;1-2H/q2*-1;2*+1;. The Morgan fingerprint density at radius 2 is 0.944 bits per heavy atom. The average molecular weight is 358 g/mol. The third-order valence-electron chi connectivity index (χ3n) is 0.805. The van der Waals surface area contributed by atoms with E-state index in [1.165, 1.54) is 0 Å². The van der Waals surface area contributed by atoms with Crippen molar-refractivity contribution in [2.24, 2.45) is 0 Å². The van der Waals surface area contributed by atoms with Crippen LogP contribution < -0.4 is 59.1 Å². The van der Waals surface area contributed by atoms with Crippen molar-refractivity contribution in [3.05, 3.63) is 13.8 Å². The number of rotatable bonds is 4. The van der Waals surface area contributed by atoms with Gasteiger partial charge >= 0.3 is 59.1 Å². The Morgan fingerprint density at radius 3 is 0.944 bits per heavy atom. The van der Waals surface area contributed by atoms with Crippen molar-refractivity contribution >= 4 is 43.6 Å². The summed E-state index contributed by atoms with van der Waals surface area (Å²) in [6.07, 6.45) is 0.442. The van der Waals surface area contributed by atoms with Crippen molar-refractivity contribution in [3.8, 4) is 0 Å².